The zero-order valence-electron chi connectivity index (χ0n) is 11.0. The van der Waals surface area contributed by atoms with Crippen LogP contribution in [0.15, 0.2) is 23.1 Å². The Labute approximate surface area is 113 Å². The Morgan fingerprint density at radius 1 is 1.42 bits per heavy atom. The van der Waals surface area contributed by atoms with E-state index in [1.165, 1.54) is 6.07 Å². The van der Waals surface area contributed by atoms with Crippen molar-refractivity contribution in [2.24, 2.45) is 5.92 Å². The summed E-state index contributed by atoms with van der Waals surface area (Å²) in [5.74, 6) is 0.0116. The van der Waals surface area contributed by atoms with Crippen molar-refractivity contribution in [1.82, 2.24) is 4.72 Å². The molecule has 2 unspecified atom stereocenters. The Hall–Kier alpha value is -1.11. The number of hydrogen-bond donors (Lipinski definition) is 3. The molecule has 2 rings (SSSR count). The van der Waals surface area contributed by atoms with E-state index in [0.717, 1.165) is 24.8 Å². The molecule has 1 aromatic carbocycles. The van der Waals surface area contributed by atoms with Crippen LogP contribution in [0.5, 0.6) is 0 Å². The minimum Gasteiger partial charge on any atom is -0.398 e. The van der Waals surface area contributed by atoms with Gasteiger partial charge in [0.05, 0.1) is 11.0 Å². The Morgan fingerprint density at radius 3 is 2.74 bits per heavy atom. The van der Waals surface area contributed by atoms with Crippen LogP contribution in [0.25, 0.3) is 0 Å². The van der Waals surface area contributed by atoms with Crippen molar-refractivity contribution in [3.8, 4) is 0 Å². The molecule has 5 nitrogen and oxygen atoms in total. The molecule has 1 aliphatic carbocycles. The molecule has 6 heteroatoms. The zero-order valence-corrected chi connectivity index (χ0v) is 11.8. The topological polar surface area (TPSA) is 92.4 Å². The molecule has 4 N–H and O–H groups in total. The lowest BCUT2D eigenvalue weighted by Crippen LogP contribution is -2.32. The predicted molar refractivity (Wildman–Crippen MR) is 74.1 cm³/mol. The Bertz CT molecular complexity index is 557. The van der Waals surface area contributed by atoms with E-state index >= 15 is 0 Å². The van der Waals surface area contributed by atoms with Crippen LogP contribution in [0.4, 0.5) is 5.69 Å². The summed E-state index contributed by atoms with van der Waals surface area (Å²) >= 11 is 0. The second-order valence-corrected chi connectivity index (χ2v) is 6.90. The quantitative estimate of drug-likeness (QED) is 0.720. The normalized spacial score (nSPS) is 23.7. The SMILES string of the molecule is Cc1ccc(S(=O)(=O)NCC2CCCC2O)cc1N. The van der Waals surface area contributed by atoms with Gasteiger partial charge in [-0.15, -0.1) is 0 Å². The van der Waals surface area contributed by atoms with Crippen LogP contribution in [0.3, 0.4) is 0 Å². The van der Waals surface area contributed by atoms with Crippen LogP contribution in [-0.4, -0.2) is 26.2 Å². The molecule has 19 heavy (non-hydrogen) atoms. The van der Waals surface area contributed by atoms with Crippen LogP contribution in [0, 0.1) is 12.8 Å². The molecule has 0 spiro atoms. The molecule has 0 aromatic heterocycles. The summed E-state index contributed by atoms with van der Waals surface area (Å²) in [4.78, 5) is 0.170. The van der Waals surface area contributed by atoms with Crippen LogP contribution in [-0.2, 0) is 10.0 Å². The molecule has 2 atom stereocenters. The maximum Gasteiger partial charge on any atom is 0.240 e. The number of rotatable bonds is 4. The van der Waals surface area contributed by atoms with Crippen molar-refractivity contribution in [3.63, 3.8) is 0 Å². The summed E-state index contributed by atoms with van der Waals surface area (Å²) in [6.07, 6.45) is 2.17. The second kappa shape index (κ2) is 5.48. The van der Waals surface area contributed by atoms with Crippen molar-refractivity contribution in [1.29, 1.82) is 0 Å². The number of aliphatic hydroxyl groups is 1. The molecule has 0 saturated heterocycles. The monoisotopic (exact) mass is 284 g/mol. The highest BCUT2D eigenvalue weighted by Crippen LogP contribution is 2.25. The summed E-state index contributed by atoms with van der Waals surface area (Å²) < 4.78 is 26.8. The van der Waals surface area contributed by atoms with Gasteiger partial charge in [0.2, 0.25) is 10.0 Å². The molecule has 0 radical (unpaired) electrons. The highest BCUT2D eigenvalue weighted by molar-refractivity contribution is 7.89. The molecule has 0 aliphatic heterocycles. The number of aliphatic hydroxyl groups excluding tert-OH is 1. The van der Waals surface area contributed by atoms with Crippen molar-refractivity contribution in [2.75, 3.05) is 12.3 Å². The van der Waals surface area contributed by atoms with Gasteiger partial charge >= 0.3 is 0 Å². The van der Waals surface area contributed by atoms with Gasteiger partial charge in [0.25, 0.3) is 0 Å². The molecule has 0 heterocycles. The van der Waals surface area contributed by atoms with E-state index in [-0.39, 0.29) is 17.4 Å². The molecule has 1 saturated carbocycles. The van der Waals surface area contributed by atoms with Crippen molar-refractivity contribution in [3.05, 3.63) is 23.8 Å². The number of aryl methyl sites for hydroxylation is 1. The van der Waals surface area contributed by atoms with E-state index < -0.39 is 16.1 Å². The fraction of sp³-hybridized carbons (Fsp3) is 0.538. The second-order valence-electron chi connectivity index (χ2n) is 5.13. The van der Waals surface area contributed by atoms with Gasteiger partial charge in [-0.05, 0) is 43.4 Å². The smallest absolute Gasteiger partial charge is 0.240 e. The fourth-order valence-corrected chi connectivity index (χ4v) is 3.47. The van der Waals surface area contributed by atoms with E-state index in [1.807, 2.05) is 6.92 Å². The third-order valence-electron chi connectivity index (χ3n) is 3.72. The third-order valence-corrected chi connectivity index (χ3v) is 5.14. The van der Waals surface area contributed by atoms with Gasteiger partial charge < -0.3 is 10.8 Å². The molecular formula is C13H20N2O3S. The van der Waals surface area contributed by atoms with Crippen LogP contribution < -0.4 is 10.5 Å². The first-order chi connectivity index (χ1) is 8.90. The zero-order chi connectivity index (χ0) is 14.0. The third kappa shape index (κ3) is 3.26. The van der Waals surface area contributed by atoms with Crippen molar-refractivity contribution >= 4 is 15.7 Å². The molecule has 1 aromatic rings. The Balaban J connectivity index is 2.07. The first-order valence-corrected chi connectivity index (χ1v) is 7.92. The van der Waals surface area contributed by atoms with Gasteiger partial charge in [-0.3, -0.25) is 0 Å². The van der Waals surface area contributed by atoms with E-state index in [1.54, 1.807) is 12.1 Å². The summed E-state index contributed by atoms with van der Waals surface area (Å²) in [7, 11) is -3.55. The fourth-order valence-electron chi connectivity index (χ4n) is 2.34. The van der Waals surface area contributed by atoms with E-state index in [0.29, 0.717) is 5.69 Å². The highest BCUT2D eigenvalue weighted by Gasteiger charge is 2.26. The summed E-state index contributed by atoms with van der Waals surface area (Å²) in [5.41, 5.74) is 7.04. The minimum atomic E-state index is -3.55. The standard InChI is InChI=1S/C13H20N2O3S/c1-9-5-6-11(7-12(9)14)19(17,18)15-8-10-3-2-4-13(10)16/h5-7,10,13,15-16H,2-4,8,14H2,1H3. The number of benzene rings is 1. The number of hydrogen-bond acceptors (Lipinski definition) is 4. The maximum atomic E-state index is 12.1. The lowest BCUT2D eigenvalue weighted by molar-refractivity contribution is 0.134. The molecular weight excluding hydrogens is 264 g/mol. The predicted octanol–water partition coefficient (Wildman–Crippen LogP) is 1.02. The highest BCUT2D eigenvalue weighted by atomic mass is 32.2. The van der Waals surface area contributed by atoms with E-state index in [2.05, 4.69) is 4.72 Å². The van der Waals surface area contributed by atoms with Gasteiger partial charge in [0.1, 0.15) is 0 Å². The van der Waals surface area contributed by atoms with Gasteiger partial charge in [-0.25, -0.2) is 13.1 Å². The molecule has 0 amide bonds. The lowest BCUT2D eigenvalue weighted by atomic mass is 10.1. The number of nitrogens with one attached hydrogen (secondary N) is 1. The van der Waals surface area contributed by atoms with Gasteiger partial charge in [0.15, 0.2) is 0 Å². The number of sulfonamides is 1. The summed E-state index contributed by atoms with van der Waals surface area (Å²) in [5, 5.41) is 9.68. The summed E-state index contributed by atoms with van der Waals surface area (Å²) in [6.45, 7) is 2.10. The first kappa shape index (κ1) is 14.3. The van der Waals surface area contributed by atoms with Gasteiger partial charge in [-0.2, -0.15) is 0 Å². The van der Waals surface area contributed by atoms with Gasteiger partial charge in [-0.1, -0.05) is 12.5 Å². The number of nitrogen functional groups attached to an aromatic ring is 1. The van der Waals surface area contributed by atoms with Crippen LogP contribution >= 0.6 is 0 Å². The van der Waals surface area contributed by atoms with Gasteiger partial charge in [0, 0.05) is 12.2 Å². The van der Waals surface area contributed by atoms with E-state index in [4.69, 9.17) is 5.73 Å². The Kier molecular flexibility index (Phi) is 4.13. The first-order valence-electron chi connectivity index (χ1n) is 6.44. The van der Waals surface area contributed by atoms with E-state index in [9.17, 15) is 13.5 Å². The largest absolute Gasteiger partial charge is 0.398 e. The molecule has 0 bridgehead atoms. The minimum absolute atomic E-state index is 0.0116. The average Bonchev–Trinajstić information content (AvgIpc) is 2.76. The van der Waals surface area contributed by atoms with Crippen LogP contribution in [0.1, 0.15) is 24.8 Å². The average molecular weight is 284 g/mol. The number of anilines is 1. The molecule has 1 aliphatic rings. The molecule has 106 valence electrons. The summed E-state index contributed by atoms with van der Waals surface area (Å²) in [6, 6.07) is 4.69. The van der Waals surface area contributed by atoms with Crippen molar-refractivity contribution in [2.45, 2.75) is 37.2 Å². The van der Waals surface area contributed by atoms with Crippen LogP contribution in [0.2, 0.25) is 0 Å². The maximum absolute atomic E-state index is 12.1. The molecule has 1 fully saturated rings. The lowest BCUT2D eigenvalue weighted by Gasteiger charge is -2.15. The number of nitrogens with two attached hydrogens (primary N) is 1. The Morgan fingerprint density at radius 2 is 2.16 bits per heavy atom. The van der Waals surface area contributed by atoms with Crippen molar-refractivity contribution < 1.29 is 13.5 Å².